The maximum absolute atomic E-state index is 11.2. The summed E-state index contributed by atoms with van der Waals surface area (Å²) in [6, 6.07) is 6.58. The minimum atomic E-state index is -3.71. The molecule has 126 valence electrons. The number of hydrogen-bond acceptors (Lipinski definition) is 4. The van der Waals surface area contributed by atoms with Gasteiger partial charge in [-0.3, -0.25) is 0 Å². The number of unbranched alkanes of at least 4 members (excludes halogenated alkanes) is 6. The largest absolute Gasteiger partial charge is 0.494 e. The summed E-state index contributed by atoms with van der Waals surface area (Å²) in [7, 11) is -2.41. The molecule has 0 amide bonds. The lowest BCUT2D eigenvalue weighted by molar-refractivity contribution is 0.304. The fraction of sp³-hybridized carbons (Fsp3) is 0.625. The maximum Gasteiger partial charge on any atom is 0.382 e. The van der Waals surface area contributed by atoms with E-state index in [4.69, 9.17) is 8.92 Å². The van der Waals surface area contributed by atoms with Crippen LogP contribution in [0.25, 0.3) is 0 Å². The first-order valence-corrected chi connectivity index (χ1v) is 9.34. The molecule has 22 heavy (non-hydrogen) atoms. The second-order valence-electron chi connectivity index (χ2n) is 5.18. The third kappa shape index (κ3) is 8.24. The average molecular weight is 329 g/mol. The van der Waals surface area contributed by atoms with Crippen LogP contribution >= 0.6 is 0 Å². The lowest BCUT2D eigenvalue weighted by Gasteiger charge is -2.08. The molecule has 0 spiro atoms. The van der Waals surface area contributed by atoms with E-state index in [-0.39, 0.29) is 5.75 Å². The van der Waals surface area contributed by atoms with Crippen molar-refractivity contribution in [3.8, 4) is 11.5 Å². The number of benzene rings is 1. The molecule has 0 bridgehead atoms. The Morgan fingerprint density at radius 2 is 1.45 bits per heavy atom. The van der Waals surface area contributed by atoms with Gasteiger partial charge >= 0.3 is 10.3 Å². The first-order valence-electron chi connectivity index (χ1n) is 7.93. The van der Waals surface area contributed by atoms with Crippen molar-refractivity contribution in [2.75, 3.05) is 13.7 Å². The van der Waals surface area contributed by atoms with Crippen LogP contribution in [0, 0.1) is 0 Å². The van der Waals surface area contributed by atoms with Gasteiger partial charge in [-0.05, 0) is 30.7 Å². The highest BCUT2D eigenvalue weighted by atomic mass is 32.2. The van der Waals surface area contributed by atoms with E-state index in [1.54, 1.807) is 24.3 Å². The Balaban J connectivity index is 2.19. The van der Waals surface area contributed by atoms with Crippen LogP contribution in [0.15, 0.2) is 24.3 Å². The van der Waals surface area contributed by atoms with Crippen molar-refractivity contribution in [3.63, 3.8) is 0 Å². The highest BCUT2D eigenvalue weighted by molar-refractivity contribution is 7.85. The number of rotatable bonds is 12. The van der Waals surface area contributed by atoms with Crippen LogP contribution in [0.1, 0.15) is 51.9 Å². The quantitative estimate of drug-likeness (QED) is 0.594. The monoisotopic (exact) mass is 329 g/mol. The van der Waals surface area contributed by atoms with E-state index in [2.05, 4.69) is 11.6 Å². The zero-order valence-electron chi connectivity index (χ0n) is 13.5. The Labute approximate surface area is 134 Å². The van der Waals surface area contributed by atoms with E-state index in [9.17, 15) is 8.42 Å². The van der Waals surface area contributed by atoms with E-state index in [0.717, 1.165) is 12.2 Å². The van der Waals surface area contributed by atoms with E-state index in [1.807, 2.05) is 0 Å². The average Bonchev–Trinajstić information content (AvgIpc) is 2.51. The van der Waals surface area contributed by atoms with Gasteiger partial charge in [-0.25, -0.2) is 0 Å². The van der Waals surface area contributed by atoms with Crippen LogP contribution in [-0.4, -0.2) is 22.1 Å². The molecular formula is C16H27NO4S. The Kier molecular flexibility index (Phi) is 8.92. The van der Waals surface area contributed by atoms with Crippen LogP contribution in [-0.2, 0) is 10.3 Å². The van der Waals surface area contributed by atoms with Gasteiger partial charge < -0.3 is 8.92 Å². The number of ether oxygens (including phenoxy) is 1. The highest BCUT2D eigenvalue weighted by Crippen LogP contribution is 2.19. The predicted octanol–water partition coefficient (Wildman–Crippen LogP) is 3.66. The molecule has 0 atom stereocenters. The van der Waals surface area contributed by atoms with Crippen LogP contribution < -0.4 is 13.6 Å². The predicted molar refractivity (Wildman–Crippen MR) is 88.5 cm³/mol. The normalized spacial score (nSPS) is 11.4. The number of hydrogen-bond donors (Lipinski definition) is 1. The lowest BCUT2D eigenvalue weighted by Crippen LogP contribution is -2.24. The van der Waals surface area contributed by atoms with Crippen molar-refractivity contribution in [2.24, 2.45) is 0 Å². The molecule has 0 saturated heterocycles. The Bertz CT molecular complexity index is 499. The van der Waals surface area contributed by atoms with Gasteiger partial charge in [-0.2, -0.15) is 13.1 Å². The molecule has 6 heteroatoms. The Hall–Kier alpha value is -1.27. The van der Waals surface area contributed by atoms with Crippen molar-refractivity contribution in [2.45, 2.75) is 51.9 Å². The van der Waals surface area contributed by atoms with Crippen LogP contribution in [0.3, 0.4) is 0 Å². The van der Waals surface area contributed by atoms with Gasteiger partial charge in [-0.1, -0.05) is 45.4 Å². The summed E-state index contributed by atoms with van der Waals surface area (Å²) < 4.78 is 35.0. The maximum atomic E-state index is 11.2. The molecule has 0 fully saturated rings. The van der Waals surface area contributed by atoms with Gasteiger partial charge in [0.1, 0.15) is 11.5 Å². The third-order valence-electron chi connectivity index (χ3n) is 3.30. The molecule has 1 aromatic carbocycles. The van der Waals surface area contributed by atoms with Gasteiger partial charge in [0, 0.05) is 7.05 Å². The van der Waals surface area contributed by atoms with Crippen molar-refractivity contribution < 1.29 is 17.3 Å². The summed E-state index contributed by atoms with van der Waals surface area (Å²) in [5.74, 6) is 0.984. The van der Waals surface area contributed by atoms with Crippen molar-refractivity contribution >= 4 is 10.3 Å². The van der Waals surface area contributed by atoms with E-state index in [0.29, 0.717) is 6.61 Å². The second kappa shape index (κ2) is 10.5. The zero-order valence-corrected chi connectivity index (χ0v) is 14.3. The van der Waals surface area contributed by atoms with Crippen molar-refractivity contribution in [1.82, 2.24) is 4.72 Å². The summed E-state index contributed by atoms with van der Waals surface area (Å²) >= 11 is 0. The van der Waals surface area contributed by atoms with E-state index >= 15 is 0 Å². The van der Waals surface area contributed by atoms with Crippen molar-refractivity contribution in [3.05, 3.63) is 24.3 Å². The van der Waals surface area contributed by atoms with E-state index < -0.39 is 10.3 Å². The first-order chi connectivity index (χ1) is 10.6. The summed E-state index contributed by atoms with van der Waals surface area (Å²) in [6.07, 6.45) is 8.72. The SMILES string of the molecule is CCCCCCCCCOc1ccc(OS(=O)(=O)NC)cc1. The molecule has 0 radical (unpaired) electrons. The fourth-order valence-electron chi connectivity index (χ4n) is 2.01. The van der Waals surface area contributed by atoms with Gasteiger partial charge in [0.05, 0.1) is 6.61 Å². The molecule has 0 saturated carbocycles. The van der Waals surface area contributed by atoms with Gasteiger partial charge in [0.15, 0.2) is 0 Å². The van der Waals surface area contributed by atoms with Gasteiger partial charge in [0.2, 0.25) is 0 Å². The zero-order chi connectivity index (χ0) is 16.3. The molecular weight excluding hydrogens is 302 g/mol. The molecule has 0 aliphatic carbocycles. The first kappa shape index (κ1) is 18.8. The molecule has 1 rings (SSSR count). The topological polar surface area (TPSA) is 64.6 Å². The number of nitrogens with one attached hydrogen (secondary N) is 1. The molecule has 0 aromatic heterocycles. The summed E-state index contributed by atoms with van der Waals surface area (Å²) in [4.78, 5) is 0. The van der Waals surface area contributed by atoms with E-state index in [1.165, 1.54) is 45.6 Å². The molecule has 0 aliphatic rings. The van der Waals surface area contributed by atoms with Crippen molar-refractivity contribution in [1.29, 1.82) is 0 Å². The minimum Gasteiger partial charge on any atom is -0.494 e. The fourth-order valence-corrected chi connectivity index (χ4v) is 2.46. The molecule has 1 N–H and O–H groups in total. The smallest absolute Gasteiger partial charge is 0.382 e. The molecule has 0 unspecified atom stereocenters. The second-order valence-corrected chi connectivity index (χ2v) is 6.67. The highest BCUT2D eigenvalue weighted by Gasteiger charge is 2.08. The van der Waals surface area contributed by atoms with Gasteiger partial charge in [0.25, 0.3) is 0 Å². The third-order valence-corrected chi connectivity index (χ3v) is 4.21. The Morgan fingerprint density at radius 1 is 0.909 bits per heavy atom. The van der Waals surface area contributed by atoms with Crippen LogP contribution in [0.4, 0.5) is 0 Å². The molecule has 5 nitrogen and oxygen atoms in total. The van der Waals surface area contributed by atoms with Gasteiger partial charge in [-0.15, -0.1) is 0 Å². The van der Waals surface area contributed by atoms with Crippen LogP contribution in [0.2, 0.25) is 0 Å². The van der Waals surface area contributed by atoms with Crippen LogP contribution in [0.5, 0.6) is 11.5 Å². The standard InChI is InChI=1S/C16H27NO4S/c1-3-4-5-6-7-8-9-14-20-15-10-12-16(13-11-15)21-22(18,19)17-2/h10-13,17H,3-9,14H2,1-2H3. The Morgan fingerprint density at radius 3 is 2.05 bits per heavy atom. The summed E-state index contributed by atoms with van der Waals surface area (Å²) in [5, 5.41) is 0. The molecule has 0 heterocycles. The minimum absolute atomic E-state index is 0.262. The summed E-state index contributed by atoms with van der Waals surface area (Å²) in [6.45, 7) is 2.90. The lowest BCUT2D eigenvalue weighted by atomic mass is 10.1. The molecule has 0 aliphatic heterocycles. The summed E-state index contributed by atoms with van der Waals surface area (Å²) in [5.41, 5.74) is 0. The molecule has 1 aromatic rings.